The van der Waals surface area contributed by atoms with Crippen LogP contribution in [0.5, 0.6) is 5.75 Å². The fraction of sp³-hybridized carbons (Fsp3) is 0.524. The maximum absolute atomic E-state index is 5.28. The van der Waals surface area contributed by atoms with Crippen LogP contribution in [0.15, 0.2) is 30.5 Å². The van der Waals surface area contributed by atoms with E-state index in [4.69, 9.17) is 14.7 Å². The number of piperidine rings is 1. The number of anilines is 1. The highest BCUT2D eigenvalue weighted by Gasteiger charge is 2.21. The number of ether oxygens (including phenoxy) is 1. The summed E-state index contributed by atoms with van der Waals surface area (Å²) in [6, 6.07) is 8.13. The van der Waals surface area contributed by atoms with Crippen LogP contribution in [0, 0.1) is 5.92 Å². The molecule has 1 aromatic heterocycles. The fourth-order valence-electron chi connectivity index (χ4n) is 3.29. The second-order valence-corrected chi connectivity index (χ2v) is 7.04. The molecule has 0 bridgehead atoms. The standard InChI is InChI=1S/C21H29N3O/c1-4-5-6-18-15-22-20(17-7-9-19(25-3)10-8-17)21(23-18)24-13-11-16(2)12-14-24/h7-10,15-16H,4-6,11-14H2,1-3H3. The Bertz CT molecular complexity index is 676. The first-order valence-electron chi connectivity index (χ1n) is 9.46. The molecule has 0 radical (unpaired) electrons. The number of hydrogen-bond acceptors (Lipinski definition) is 4. The summed E-state index contributed by atoms with van der Waals surface area (Å²) in [7, 11) is 1.69. The second kappa shape index (κ2) is 8.32. The van der Waals surface area contributed by atoms with Crippen LogP contribution in [0.3, 0.4) is 0 Å². The van der Waals surface area contributed by atoms with Crippen LogP contribution in [0.4, 0.5) is 5.82 Å². The average molecular weight is 339 g/mol. The Morgan fingerprint density at radius 1 is 1.16 bits per heavy atom. The van der Waals surface area contributed by atoms with Gasteiger partial charge < -0.3 is 9.64 Å². The Labute approximate surface area is 151 Å². The molecule has 1 aromatic carbocycles. The summed E-state index contributed by atoms with van der Waals surface area (Å²) in [5.74, 6) is 2.72. The predicted octanol–water partition coefficient (Wildman–Crippen LogP) is 4.73. The Balaban J connectivity index is 1.94. The lowest BCUT2D eigenvalue weighted by atomic mass is 9.99. The Hall–Kier alpha value is -2.10. The van der Waals surface area contributed by atoms with Crippen molar-refractivity contribution < 1.29 is 4.74 Å². The Kier molecular flexibility index (Phi) is 5.90. The number of nitrogens with zero attached hydrogens (tertiary/aromatic N) is 3. The molecule has 4 nitrogen and oxygen atoms in total. The molecule has 3 rings (SSSR count). The molecule has 0 atom stereocenters. The van der Waals surface area contributed by atoms with Gasteiger partial charge in [0.2, 0.25) is 0 Å². The molecule has 0 unspecified atom stereocenters. The number of aromatic nitrogens is 2. The van der Waals surface area contributed by atoms with Crippen LogP contribution in [-0.2, 0) is 6.42 Å². The highest BCUT2D eigenvalue weighted by Crippen LogP contribution is 2.31. The van der Waals surface area contributed by atoms with Gasteiger partial charge in [0.05, 0.1) is 12.8 Å². The lowest BCUT2D eigenvalue weighted by Crippen LogP contribution is -2.34. The molecule has 1 fully saturated rings. The molecule has 1 saturated heterocycles. The highest BCUT2D eigenvalue weighted by atomic mass is 16.5. The first kappa shape index (κ1) is 17.7. The van der Waals surface area contributed by atoms with Gasteiger partial charge in [0, 0.05) is 24.8 Å². The van der Waals surface area contributed by atoms with Crippen LogP contribution >= 0.6 is 0 Å². The molecular weight excluding hydrogens is 310 g/mol. The molecule has 134 valence electrons. The predicted molar refractivity (Wildman–Crippen MR) is 103 cm³/mol. The minimum atomic E-state index is 0.803. The van der Waals surface area contributed by atoms with Crippen molar-refractivity contribution in [1.82, 2.24) is 9.97 Å². The molecular formula is C21H29N3O. The van der Waals surface area contributed by atoms with Gasteiger partial charge in [-0.15, -0.1) is 0 Å². The van der Waals surface area contributed by atoms with E-state index in [9.17, 15) is 0 Å². The molecule has 2 heterocycles. The van der Waals surface area contributed by atoms with E-state index in [0.717, 1.165) is 60.4 Å². The molecule has 0 aliphatic carbocycles. The van der Waals surface area contributed by atoms with Crippen molar-refractivity contribution in [3.63, 3.8) is 0 Å². The van der Waals surface area contributed by atoms with Gasteiger partial charge in [0.15, 0.2) is 5.82 Å². The van der Waals surface area contributed by atoms with E-state index in [2.05, 4.69) is 30.9 Å². The third kappa shape index (κ3) is 4.30. The number of rotatable bonds is 6. The molecule has 25 heavy (non-hydrogen) atoms. The van der Waals surface area contributed by atoms with Crippen molar-refractivity contribution in [1.29, 1.82) is 0 Å². The molecule has 2 aromatic rings. The maximum atomic E-state index is 5.28. The normalized spacial score (nSPS) is 15.4. The summed E-state index contributed by atoms with van der Waals surface area (Å²) in [6.45, 7) is 6.68. The Morgan fingerprint density at radius 2 is 1.88 bits per heavy atom. The topological polar surface area (TPSA) is 38.2 Å². The van der Waals surface area contributed by atoms with E-state index < -0.39 is 0 Å². The average Bonchev–Trinajstić information content (AvgIpc) is 2.67. The van der Waals surface area contributed by atoms with E-state index in [1.807, 2.05) is 18.3 Å². The van der Waals surface area contributed by atoms with Gasteiger partial charge in [-0.1, -0.05) is 20.3 Å². The van der Waals surface area contributed by atoms with Crippen molar-refractivity contribution in [2.24, 2.45) is 5.92 Å². The zero-order valence-electron chi connectivity index (χ0n) is 15.7. The molecule has 4 heteroatoms. The SMILES string of the molecule is CCCCc1cnc(-c2ccc(OC)cc2)c(N2CCC(C)CC2)n1. The summed E-state index contributed by atoms with van der Waals surface area (Å²) in [5, 5.41) is 0. The van der Waals surface area contributed by atoms with Gasteiger partial charge in [-0.3, -0.25) is 4.98 Å². The van der Waals surface area contributed by atoms with E-state index in [1.165, 1.54) is 19.3 Å². The third-order valence-corrected chi connectivity index (χ3v) is 5.04. The van der Waals surface area contributed by atoms with Crippen LogP contribution < -0.4 is 9.64 Å². The molecule has 0 spiro atoms. The van der Waals surface area contributed by atoms with Crippen LogP contribution in [0.2, 0.25) is 0 Å². The van der Waals surface area contributed by atoms with Gasteiger partial charge in [-0.05, 0) is 55.9 Å². The second-order valence-electron chi connectivity index (χ2n) is 7.04. The monoisotopic (exact) mass is 339 g/mol. The van der Waals surface area contributed by atoms with E-state index >= 15 is 0 Å². The quantitative estimate of drug-likeness (QED) is 0.762. The number of unbranched alkanes of at least 4 members (excludes halogenated alkanes) is 1. The van der Waals surface area contributed by atoms with E-state index in [0.29, 0.717) is 0 Å². The number of methoxy groups -OCH3 is 1. The van der Waals surface area contributed by atoms with E-state index in [-0.39, 0.29) is 0 Å². The maximum Gasteiger partial charge on any atom is 0.155 e. The minimum absolute atomic E-state index is 0.803. The Morgan fingerprint density at radius 3 is 2.52 bits per heavy atom. The van der Waals surface area contributed by atoms with Gasteiger partial charge in [-0.2, -0.15) is 0 Å². The molecule has 0 saturated carbocycles. The van der Waals surface area contributed by atoms with Crippen LogP contribution in [-0.4, -0.2) is 30.2 Å². The van der Waals surface area contributed by atoms with Crippen molar-refractivity contribution in [3.05, 3.63) is 36.2 Å². The summed E-state index contributed by atoms with van der Waals surface area (Å²) in [6.07, 6.45) is 7.74. The third-order valence-electron chi connectivity index (χ3n) is 5.04. The fourth-order valence-corrected chi connectivity index (χ4v) is 3.29. The molecule has 0 amide bonds. The smallest absolute Gasteiger partial charge is 0.155 e. The van der Waals surface area contributed by atoms with Gasteiger partial charge in [0.25, 0.3) is 0 Å². The summed E-state index contributed by atoms with van der Waals surface area (Å²) < 4.78 is 5.28. The van der Waals surface area contributed by atoms with Gasteiger partial charge in [-0.25, -0.2) is 4.98 Å². The van der Waals surface area contributed by atoms with Crippen molar-refractivity contribution >= 4 is 5.82 Å². The number of hydrogen-bond donors (Lipinski definition) is 0. The lowest BCUT2D eigenvalue weighted by Gasteiger charge is -2.32. The molecule has 1 aliphatic heterocycles. The number of aryl methyl sites for hydroxylation is 1. The van der Waals surface area contributed by atoms with Gasteiger partial charge in [0.1, 0.15) is 11.4 Å². The first-order valence-corrected chi connectivity index (χ1v) is 9.46. The largest absolute Gasteiger partial charge is 0.497 e. The van der Waals surface area contributed by atoms with Crippen molar-refractivity contribution in [2.45, 2.75) is 46.0 Å². The minimum Gasteiger partial charge on any atom is -0.497 e. The zero-order chi connectivity index (χ0) is 17.6. The zero-order valence-corrected chi connectivity index (χ0v) is 15.7. The van der Waals surface area contributed by atoms with Crippen molar-refractivity contribution in [2.75, 3.05) is 25.1 Å². The van der Waals surface area contributed by atoms with Gasteiger partial charge >= 0.3 is 0 Å². The molecule has 1 aliphatic rings. The summed E-state index contributed by atoms with van der Waals surface area (Å²) >= 11 is 0. The molecule has 0 N–H and O–H groups in total. The van der Waals surface area contributed by atoms with E-state index in [1.54, 1.807) is 7.11 Å². The number of benzene rings is 1. The lowest BCUT2D eigenvalue weighted by molar-refractivity contribution is 0.415. The first-order chi connectivity index (χ1) is 12.2. The van der Waals surface area contributed by atoms with Crippen LogP contribution in [0.25, 0.3) is 11.3 Å². The van der Waals surface area contributed by atoms with Crippen LogP contribution in [0.1, 0.15) is 45.2 Å². The summed E-state index contributed by atoms with van der Waals surface area (Å²) in [4.78, 5) is 12.2. The summed E-state index contributed by atoms with van der Waals surface area (Å²) in [5.41, 5.74) is 3.19. The van der Waals surface area contributed by atoms with Crippen molar-refractivity contribution in [3.8, 4) is 17.0 Å². The highest BCUT2D eigenvalue weighted by molar-refractivity contribution is 5.72.